The molecule has 0 aliphatic rings. The van der Waals surface area contributed by atoms with Gasteiger partial charge in [-0.25, -0.2) is 0 Å². The lowest BCUT2D eigenvalue weighted by atomic mass is 10.1. The van der Waals surface area contributed by atoms with Crippen LogP contribution in [0.25, 0.3) is 11.3 Å². The zero-order chi connectivity index (χ0) is 18.7. The third kappa shape index (κ3) is 3.88. The van der Waals surface area contributed by atoms with Crippen molar-refractivity contribution in [3.63, 3.8) is 0 Å². The molecule has 6 nitrogen and oxygen atoms in total. The molecule has 3 aromatic rings. The van der Waals surface area contributed by atoms with E-state index in [9.17, 15) is 18.0 Å². The molecule has 0 atom stereocenters. The predicted molar refractivity (Wildman–Crippen MR) is 86.8 cm³/mol. The number of hydrogen-bond acceptors (Lipinski definition) is 4. The zero-order valence-electron chi connectivity index (χ0n) is 13.7. The van der Waals surface area contributed by atoms with Gasteiger partial charge in [0.05, 0.1) is 11.3 Å². The largest absolute Gasteiger partial charge is 0.433 e. The van der Waals surface area contributed by atoms with E-state index in [1.165, 1.54) is 0 Å². The summed E-state index contributed by atoms with van der Waals surface area (Å²) in [6.07, 6.45) is 1.32. The van der Waals surface area contributed by atoms with E-state index < -0.39 is 17.8 Å². The van der Waals surface area contributed by atoms with Crippen molar-refractivity contribution in [2.75, 3.05) is 0 Å². The molecule has 1 amide bonds. The van der Waals surface area contributed by atoms with Crippen LogP contribution < -0.4 is 5.32 Å². The maximum Gasteiger partial charge on any atom is 0.433 e. The SMILES string of the molecule is Cn1nccc1-c1cncc(CNC(=O)c2ccc(C(F)(F)F)nc2)c1. The van der Waals surface area contributed by atoms with Crippen molar-refractivity contribution in [3.05, 3.63) is 65.9 Å². The highest BCUT2D eigenvalue weighted by Crippen LogP contribution is 2.27. The molecule has 0 radical (unpaired) electrons. The number of nitrogens with one attached hydrogen (secondary N) is 1. The Kier molecular flexibility index (Phi) is 4.70. The van der Waals surface area contributed by atoms with Crippen LogP contribution in [0, 0.1) is 0 Å². The van der Waals surface area contributed by atoms with Gasteiger partial charge in [-0.1, -0.05) is 0 Å². The average molecular weight is 361 g/mol. The van der Waals surface area contributed by atoms with Gasteiger partial charge in [0.15, 0.2) is 0 Å². The molecule has 1 N–H and O–H groups in total. The van der Waals surface area contributed by atoms with Crippen molar-refractivity contribution < 1.29 is 18.0 Å². The number of amides is 1. The second-order valence-electron chi connectivity index (χ2n) is 5.53. The number of aromatic nitrogens is 4. The van der Waals surface area contributed by atoms with Crippen LogP contribution in [-0.4, -0.2) is 25.7 Å². The molecule has 0 aliphatic carbocycles. The fraction of sp³-hybridized carbons (Fsp3) is 0.176. The first-order chi connectivity index (χ1) is 12.3. The van der Waals surface area contributed by atoms with E-state index >= 15 is 0 Å². The molecule has 3 heterocycles. The van der Waals surface area contributed by atoms with Gasteiger partial charge in [0.25, 0.3) is 5.91 Å². The number of carbonyl (C=O) groups excluding carboxylic acids is 1. The molecule has 0 saturated heterocycles. The summed E-state index contributed by atoms with van der Waals surface area (Å²) in [6.45, 7) is 0.179. The van der Waals surface area contributed by atoms with Crippen molar-refractivity contribution in [2.24, 2.45) is 7.05 Å². The first kappa shape index (κ1) is 17.6. The number of aryl methyl sites for hydroxylation is 1. The van der Waals surface area contributed by atoms with Crippen molar-refractivity contribution in [2.45, 2.75) is 12.7 Å². The number of hydrogen-bond donors (Lipinski definition) is 1. The van der Waals surface area contributed by atoms with Gasteiger partial charge in [0.1, 0.15) is 5.69 Å². The molecule has 0 aromatic carbocycles. The summed E-state index contributed by atoms with van der Waals surface area (Å²) in [5.41, 5.74) is 1.47. The first-order valence-corrected chi connectivity index (χ1v) is 7.58. The summed E-state index contributed by atoms with van der Waals surface area (Å²) in [4.78, 5) is 19.5. The molecule has 0 unspecified atom stereocenters. The van der Waals surface area contributed by atoms with Crippen LogP contribution in [0.4, 0.5) is 13.2 Å². The first-order valence-electron chi connectivity index (χ1n) is 7.58. The molecule has 0 aliphatic heterocycles. The van der Waals surface area contributed by atoms with Crippen LogP contribution in [0.15, 0.2) is 49.1 Å². The molecular weight excluding hydrogens is 347 g/mol. The second-order valence-corrected chi connectivity index (χ2v) is 5.53. The van der Waals surface area contributed by atoms with E-state index in [1.54, 1.807) is 30.3 Å². The lowest BCUT2D eigenvalue weighted by molar-refractivity contribution is -0.141. The quantitative estimate of drug-likeness (QED) is 0.776. The summed E-state index contributed by atoms with van der Waals surface area (Å²) >= 11 is 0. The van der Waals surface area contributed by atoms with E-state index in [2.05, 4.69) is 20.4 Å². The average Bonchev–Trinajstić information content (AvgIpc) is 3.05. The van der Waals surface area contributed by atoms with Gasteiger partial charge in [0.2, 0.25) is 0 Å². The highest BCUT2D eigenvalue weighted by Gasteiger charge is 2.32. The highest BCUT2D eigenvalue weighted by atomic mass is 19.4. The molecule has 0 bridgehead atoms. The van der Waals surface area contributed by atoms with E-state index in [-0.39, 0.29) is 12.1 Å². The molecule has 9 heteroatoms. The van der Waals surface area contributed by atoms with Gasteiger partial charge in [-0.05, 0) is 29.8 Å². The van der Waals surface area contributed by atoms with Crippen LogP contribution in [-0.2, 0) is 19.8 Å². The van der Waals surface area contributed by atoms with Crippen LogP contribution in [0.1, 0.15) is 21.6 Å². The number of nitrogens with zero attached hydrogens (tertiary/aromatic N) is 4. The third-order valence-electron chi connectivity index (χ3n) is 3.68. The molecule has 0 saturated carbocycles. The fourth-order valence-electron chi connectivity index (χ4n) is 2.36. The number of carbonyl (C=O) groups is 1. The Labute approximate surface area is 146 Å². The number of alkyl halides is 3. The minimum absolute atomic E-state index is 0.0498. The van der Waals surface area contributed by atoms with Crippen LogP contribution in [0.2, 0.25) is 0 Å². The standard InChI is InChI=1S/C17H14F3N5O/c1-25-14(4-5-24-25)13-6-11(7-21-9-13)8-23-16(26)12-2-3-15(22-10-12)17(18,19)20/h2-7,9-10H,8H2,1H3,(H,23,26). The van der Waals surface area contributed by atoms with Gasteiger partial charge in [-0.15, -0.1) is 0 Å². The Hall–Kier alpha value is -3.23. The number of pyridine rings is 2. The van der Waals surface area contributed by atoms with Crippen LogP contribution in [0.5, 0.6) is 0 Å². The lowest BCUT2D eigenvalue weighted by Gasteiger charge is -2.08. The van der Waals surface area contributed by atoms with E-state index in [1.807, 2.05) is 12.1 Å². The number of rotatable bonds is 4. The van der Waals surface area contributed by atoms with Crippen molar-refractivity contribution >= 4 is 5.91 Å². The maximum absolute atomic E-state index is 12.5. The van der Waals surface area contributed by atoms with Crippen molar-refractivity contribution in [1.82, 2.24) is 25.1 Å². The molecule has 26 heavy (non-hydrogen) atoms. The summed E-state index contributed by atoms with van der Waals surface area (Å²) in [5, 5.41) is 6.73. The summed E-state index contributed by atoms with van der Waals surface area (Å²) in [5.74, 6) is -0.517. The van der Waals surface area contributed by atoms with Crippen LogP contribution in [0.3, 0.4) is 0 Å². The fourth-order valence-corrected chi connectivity index (χ4v) is 2.36. The second kappa shape index (κ2) is 6.95. The van der Waals surface area contributed by atoms with Gasteiger partial charge < -0.3 is 5.32 Å². The van der Waals surface area contributed by atoms with Crippen molar-refractivity contribution in [1.29, 1.82) is 0 Å². The Bertz CT molecular complexity index is 919. The molecule has 134 valence electrons. The predicted octanol–water partition coefficient (Wildman–Crippen LogP) is 2.83. The number of halogens is 3. The minimum atomic E-state index is -4.53. The normalized spacial score (nSPS) is 11.4. The van der Waals surface area contributed by atoms with Gasteiger partial charge in [-0.3, -0.25) is 19.4 Å². The topological polar surface area (TPSA) is 72.7 Å². The molecule has 3 rings (SSSR count). The summed E-state index contributed by atoms with van der Waals surface area (Å²) < 4.78 is 39.2. The lowest BCUT2D eigenvalue weighted by Crippen LogP contribution is -2.23. The maximum atomic E-state index is 12.5. The molecule has 0 spiro atoms. The van der Waals surface area contributed by atoms with E-state index in [0.29, 0.717) is 0 Å². The molecule has 3 aromatic heterocycles. The Morgan fingerprint density at radius 2 is 2.00 bits per heavy atom. The minimum Gasteiger partial charge on any atom is -0.348 e. The van der Waals surface area contributed by atoms with Crippen LogP contribution >= 0.6 is 0 Å². The Morgan fingerprint density at radius 3 is 2.62 bits per heavy atom. The molecular formula is C17H14F3N5O. The zero-order valence-corrected chi connectivity index (χ0v) is 13.7. The summed E-state index contributed by atoms with van der Waals surface area (Å²) in [7, 11) is 1.81. The van der Waals surface area contributed by atoms with Gasteiger partial charge in [-0.2, -0.15) is 18.3 Å². The summed E-state index contributed by atoms with van der Waals surface area (Å²) in [6, 6.07) is 5.57. The molecule has 0 fully saturated rings. The smallest absolute Gasteiger partial charge is 0.348 e. The van der Waals surface area contributed by atoms with E-state index in [4.69, 9.17) is 0 Å². The Balaban J connectivity index is 1.67. The van der Waals surface area contributed by atoms with Crippen molar-refractivity contribution in [3.8, 4) is 11.3 Å². The third-order valence-corrected chi connectivity index (χ3v) is 3.68. The van der Waals surface area contributed by atoms with Gasteiger partial charge in [0, 0.05) is 43.9 Å². The highest BCUT2D eigenvalue weighted by molar-refractivity contribution is 5.93. The van der Waals surface area contributed by atoms with Gasteiger partial charge >= 0.3 is 6.18 Å². The Morgan fingerprint density at radius 1 is 1.19 bits per heavy atom. The van der Waals surface area contributed by atoms with E-state index in [0.717, 1.165) is 35.2 Å². The monoisotopic (exact) mass is 361 g/mol.